The maximum absolute atomic E-state index is 13.1. The van der Waals surface area contributed by atoms with E-state index in [1.54, 1.807) is 30.3 Å². The summed E-state index contributed by atoms with van der Waals surface area (Å²) in [5, 5.41) is 25.7. The van der Waals surface area contributed by atoms with Crippen LogP contribution >= 0.6 is 23.2 Å². The first-order chi connectivity index (χ1) is 19.3. The molecular weight excluding hydrogens is 545 g/mol. The minimum atomic E-state index is -0.530. The van der Waals surface area contributed by atoms with Crippen LogP contribution in [0.25, 0.3) is 5.57 Å². The fraction of sp³-hybridized carbons (Fsp3) is 0.312. The molecule has 8 heteroatoms. The molecule has 1 aromatic heterocycles. The van der Waals surface area contributed by atoms with Gasteiger partial charge in [0.2, 0.25) is 5.91 Å². The van der Waals surface area contributed by atoms with Gasteiger partial charge < -0.3 is 20.2 Å². The molecule has 3 rings (SSSR count). The van der Waals surface area contributed by atoms with Crippen molar-refractivity contribution in [2.75, 3.05) is 12.5 Å². The number of hydrogen-bond acceptors (Lipinski definition) is 5. The van der Waals surface area contributed by atoms with E-state index in [0.717, 1.165) is 11.3 Å². The predicted molar refractivity (Wildman–Crippen MR) is 161 cm³/mol. The summed E-state index contributed by atoms with van der Waals surface area (Å²) in [5.74, 6) is 0.820. The van der Waals surface area contributed by atoms with Crippen LogP contribution in [0, 0.1) is 18.3 Å². The molecule has 1 amide bonds. The number of alkyl halides is 1. The fourth-order valence-corrected chi connectivity index (χ4v) is 4.44. The Hall–Kier alpha value is -3.34. The quantitative estimate of drug-likeness (QED) is 0.121. The number of carbonyl (C=O) groups excluding carboxylic acids is 1. The smallest absolute Gasteiger partial charge is 0.248 e. The lowest BCUT2D eigenvalue weighted by molar-refractivity contribution is -0.118. The summed E-state index contributed by atoms with van der Waals surface area (Å²) in [7, 11) is 0. The largest absolute Gasteiger partial charge is 0.460 e. The van der Waals surface area contributed by atoms with Crippen LogP contribution in [0.15, 0.2) is 81.8 Å². The van der Waals surface area contributed by atoms with Gasteiger partial charge in [0.05, 0.1) is 36.7 Å². The lowest BCUT2D eigenvalue weighted by Crippen LogP contribution is -2.40. The third-order valence-electron chi connectivity index (χ3n) is 6.56. The van der Waals surface area contributed by atoms with Gasteiger partial charge in [-0.15, -0.1) is 11.6 Å². The first-order valence-electron chi connectivity index (χ1n) is 13.2. The van der Waals surface area contributed by atoms with Crippen molar-refractivity contribution in [3.8, 4) is 6.07 Å². The SMILES string of the molecule is CC/C(Cl)=C(\C=C(/CCl)C(=O)N[C@@H](CO)Cc1ccc(C#N)cc1)c1ccc(CN[C@H](C)c2ccc(C)cc2)o1. The molecule has 0 aliphatic heterocycles. The van der Waals surface area contributed by atoms with Gasteiger partial charge in [-0.3, -0.25) is 4.79 Å². The van der Waals surface area contributed by atoms with Crippen molar-refractivity contribution in [1.29, 1.82) is 5.26 Å². The van der Waals surface area contributed by atoms with Crippen LogP contribution in [0.2, 0.25) is 0 Å². The Morgan fingerprint density at radius 2 is 1.82 bits per heavy atom. The highest BCUT2D eigenvalue weighted by Crippen LogP contribution is 2.28. The minimum absolute atomic E-state index is 0.0541. The summed E-state index contributed by atoms with van der Waals surface area (Å²) in [6.07, 6.45) is 2.59. The summed E-state index contributed by atoms with van der Waals surface area (Å²) in [6, 6.07) is 20.8. The summed E-state index contributed by atoms with van der Waals surface area (Å²) in [6.45, 7) is 6.35. The molecule has 2 aromatic carbocycles. The number of furan rings is 1. The number of aliphatic hydroxyl groups excluding tert-OH is 1. The van der Waals surface area contributed by atoms with Gasteiger partial charge in [-0.05, 0) is 68.2 Å². The maximum atomic E-state index is 13.1. The van der Waals surface area contributed by atoms with E-state index >= 15 is 0 Å². The number of amides is 1. The minimum Gasteiger partial charge on any atom is -0.460 e. The van der Waals surface area contributed by atoms with E-state index in [1.807, 2.05) is 19.1 Å². The monoisotopic (exact) mass is 579 g/mol. The Morgan fingerprint density at radius 3 is 2.42 bits per heavy atom. The van der Waals surface area contributed by atoms with Gasteiger partial charge >= 0.3 is 0 Å². The molecular formula is C32H35Cl2N3O3. The fourth-order valence-electron chi connectivity index (χ4n) is 4.10. The molecule has 3 aromatic rings. The number of rotatable bonds is 13. The summed E-state index contributed by atoms with van der Waals surface area (Å²) in [5.41, 5.74) is 4.72. The number of nitrogens with zero attached hydrogens (tertiary/aromatic N) is 1. The highest BCUT2D eigenvalue weighted by Gasteiger charge is 2.18. The molecule has 0 saturated carbocycles. The lowest BCUT2D eigenvalue weighted by atomic mass is 10.0. The molecule has 210 valence electrons. The van der Waals surface area contributed by atoms with Crippen LogP contribution < -0.4 is 10.6 Å². The van der Waals surface area contributed by atoms with Crippen LogP contribution in [-0.4, -0.2) is 29.5 Å². The second kappa shape index (κ2) is 15.4. The number of benzene rings is 2. The van der Waals surface area contributed by atoms with Gasteiger partial charge in [0.1, 0.15) is 11.5 Å². The second-order valence-corrected chi connectivity index (χ2v) is 10.3. The number of halogens is 2. The molecule has 6 nitrogen and oxygen atoms in total. The molecule has 40 heavy (non-hydrogen) atoms. The molecule has 0 unspecified atom stereocenters. The first-order valence-corrected chi connectivity index (χ1v) is 14.1. The van der Waals surface area contributed by atoms with E-state index in [0.29, 0.717) is 46.9 Å². The molecule has 0 aliphatic carbocycles. The van der Waals surface area contributed by atoms with Gasteiger partial charge in [0.25, 0.3) is 0 Å². The Balaban J connectivity index is 1.72. The molecule has 0 bridgehead atoms. The van der Waals surface area contributed by atoms with E-state index in [4.69, 9.17) is 32.9 Å². The molecule has 0 aliphatic rings. The Kier molecular flexibility index (Phi) is 12.0. The van der Waals surface area contributed by atoms with Gasteiger partial charge in [-0.2, -0.15) is 5.26 Å². The number of nitriles is 1. The topological polar surface area (TPSA) is 98.3 Å². The van der Waals surface area contributed by atoms with Crippen molar-refractivity contribution in [1.82, 2.24) is 10.6 Å². The van der Waals surface area contributed by atoms with Gasteiger partial charge in [0, 0.05) is 22.2 Å². The predicted octanol–water partition coefficient (Wildman–Crippen LogP) is 6.56. The van der Waals surface area contributed by atoms with Gasteiger partial charge in [-0.25, -0.2) is 0 Å². The molecule has 0 saturated heterocycles. The summed E-state index contributed by atoms with van der Waals surface area (Å²) < 4.78 is 6.11. The van der Waals surface area contributed by atoms with E-state index in [1.165, 1.54) is 11.1 Å². The zero-order chi connectivity index (χ0) is 29.1. The van der Waals surface area contributed by atoms with Crippen molar-refractivity contribution >= 4 is 34.7 Å². The third-order valence-corrected chi connectivity index (χ3v) is 7.32. The summed E-state index contributed by atoms with van der Waals surface area (Å²) >= 11 is 12.8. The molecule has 2 atom stereocenters. The van der Waals surface area contributed by atoms with Crippen LogP contribution in [0.5, 0.6) is 0 Å². The summed E-state index contributed by atoms with van der Waals surface area (Å²) in [4.78, 5) is 13.1. The van der Waals surface area contributed by atoms with E-state index in [-0.39, 0.29) is 18.5 Å². The van der Waals surface area contributed by atoms with E-state index < -0.39 is 11.9 Å². The molecule has 3 N–H and O–H groups in total. The number of aliphatic hydroxyl groups is 1. The Bertz CT molecular complexity index is 1370. The lowest BCUT2D eigenvalue weighted by Gasteiger charge is -2.17. The van der Waals surface area contributed by atoms with Gasteiger partial charge in [0.15, 0.2) is 0 Å². The Labute approximate surface area is 246 Å². The number of hydrogen-bond donors (Lipinski definition) is 3. The van der Waals surface area contributed by atoms with Crippen LogP contribution in [-0.2, 0) is 17.8 Å². The number of allylic oxidation sites excluding steroid dienone is 3. The standard InChI is InChI=1S/C32H35Cl2N3O3/c1-4-30(34)29(31-14-13-28(40-31)19-36-22(3)25-11-5-21(2)6-12-25)16-26(17-33)32(39)37-27(20-38)15-23-7-9-24(18-35)10-8-23/h5-14,16,22,27,36,38H,4,15,17,19-20H2,1-3H3,(H,37,39)/b26-16+,30-29-/t22-,27-/m1/s1. The number of aryl methyl sites for hydroxylation is 1. The normalized spacial score (nSPS) is 13.8. The van der Waals surface area contributed by atoms with Crippen molar-refractivity contribution in [3.05, 3.63) is 111 Å². The number of nitrogens with one attached hydrogen (secondary N) is 2. The maximum Gasteiger partial charge on any atom is 0.248 e. The molecule has 1 heterocycles. The van der Waals surface area contributed by atoms with Crippen LogP contribution in [0.3, 0.4) is 0 Å². The van der Waals surface area contributed by atoms with Crippen molar-refractivity contribution in [2.24, 2.45) is 0 Å². The highest BCUT2D eigenvalue weighted by atomic mass is 35.5. The van der Waals surface area contributed by atoms with E-state index in [9.17, 15) is 9.90 Å². The highest BCUT2D eigenvalue weighted by molar-refractivity contribution is 6.33. The van der Waals surface area contributed by atoms with Crippen LogP contribution in [0.1, 0.15) is 60.1 Å². The van der Waals surface area contributed by atoms with Crippen molar-refractivity contribution in [2.45, 2.75) is 52.2 Å². The average Bonchev–Trinajstić information content (AvgIpc) is 3.45. The number of carbonyl (C=O) groups is 1. The first kappa shape index (κ1) is 31.2. The Morgan fingerprint density at radius 1 is 1.12 bits per heavy atom. The van der Waals surface area contributed by atoms with Crippen molar-refractivity contribution in [3.63, 3.8) is 0 Å². The van der Waals surface area contributed by atoms with Gasteiger partial charge in [-0.1, -0.05) is 60.5 Å². The molecule has 0 spiro atoms. The zero-order valence-electron chi connectivity index (χ0n) is 23.0. The zero-order valence-corrected chi connectivity index (χ0v) is 24.5. The molecule has 0 fully saturated rings. The third kappa shape index (κ3) is 8.84. The van der Waals surface area contributed by atoms with Crippen LogP contribution in [0.4, 0.5) is 0 Å². The van der Waals surface area contributed by atoms with Crippen molar-refractivity contribution < 1.29 is 14.3 Å². The average molecular weight is 581 g/mol. The second-order valence-electron chi connectivity index (χ2n) is 9.62. The van der Waals surface area contributed by atoms with E-state index in [2.05, 4.69) is 54.8 Å². The molecule has 0 radical (unpaired) electrons.